The fraction of sp³-hybridized carbons (Fsp3) is 0.500. The maximum absolute atomic E-state index is 11.5. The van der Waals surface area contributed by atoms with Gasteiger partial charge in [0.05, 0.1) is 15.3 Å². The summed E-state index contributed by atoms with van der Waals surface area (Å²) in [5, 5.41) is 11.8. The Morgan fingerprint density at radius 3 is 2.93 bits per heavy atom. The Bertz CT molecular complexity index is 325. The zero-order chi connectivity index (χ0) is 11.3. The van der Waals surface area contributed by atoms with E-state index in [2.05, 4.69) is 5.32 Å². The lowest BCUT2D eigenvalue weighted by Gasteiger charge is -2.04. The molecule has 0 bridgehead atoms. The Labute approximate surface area is 98.1 Å². The van der Waals surface area contributed by atoms with E-state index in [1.807, 2.05) is 0 Å². The second-order valence-corrected chi connectivity index (χ2v) is 5.07. The Kier molecular flexibility index (Phi) is 5.08. The Hall–Kier alpha value is -0.580. The van der Waals surface area contributed by atoms with Gasteiger partial charge in [-0.25, -0.2) is 0 Å². The van der Waals surface area contributed by atoms with E-state index in [1.165, 1.54) is 11.3 Å². The molecule has 3 nitrogen and oxygen atoms in total. The number of nitrogens with one attached hydrogen (secondary N) is 1. The fourth-order valence-electron chi connectivity index (χ4n) is 1.12. The summed E-state index contributed by atoms with van der Waals surface area (Å²) in [6, 6.07) is 3.41. The maximum Gasteiger partial charge on any atom is 0.261 e. The summed E-state index contributed by atoms with van der Waals surface area (Å²) in [4.78, 5) is 12.1. The van der Waals surface area contributed by atoms with Gasteiger partial charge >= 0.3 is 0 Å². The second kappa shape index (κ2) is 6.10. The maximum atomic E-state index is 11.5. The average Bonchev–Trinajstić information content (AvgIpc) is 2.59. The van der Waals surface area contributed by atoms with Crippen LogP contribution in [0.1, 0.15) is 29.4 Å². The molecule has 1 unspecified atom stereocenters. The second-order valence-electron chi connectivity index (χ2n) is 3.35. The predicted molar refractivity (Wildman–Crippen MR) is 62.6 cm³/mol. The molecule has 2 N–H and O–H groups in total. The van der Waals surface area contributed by atoms with Gasteiger partial charge in [-0.15, -0.1) is 11.3 Å². The number of rotatable bonds is 5. The van der Waals surface area contributed by atoms with E-state index in [-0.39, 0.29) is 12.0 Å². The third kappa shape index (κ3) is 4.64. The zero-order valence-electron chi connectivity index (χ0n) is 8.50. The molecule has 1 aromatic heterocycles. The largest absolute Gasteiger partial charge is 0.393 e. The monoisotopic (exact) mass is 247 g/mol. The van der Waals surface area contributed by atoms with Gasteiger partial charge in [0.15, 0.2) is 0 Å². The van der Waals surface area contributed by atoms with Crippen LogP contribution >= 0.6 is 22.9 Å². The van der Waals surface area contributed by atoms with Crippen molar-refractivity contribution in [2.45, 2.75) is 25.9 Å². The van der Waals surface area contributed by atoms with Crippen LogP contribution in [-0.2, 0) is 0 Å². The van der Waals surface area contributed by atoms with Gasteiger partial charge in [-0.3, -0.25) is 4.79 Å². The summed E-state index contributed by atoms with van der Waals surface area (Å²) in [6.07, 6.45) is 1.17. The van der Waals surface area contributed by atoms with Crippen molar-refractivity contribution >= 4 is 28.8 Å². The Morgan fingerprint density at radius 1 is 1.67 bits per heavy atom. The van der Waals surface area contributed by atoms with Crippen LogP contribution in [0.4, 0.5) is 0 Å². The highest BCUT2D eigenvalue weighted by atomic mass is 35.5. The molecule has 0 spiro atoms. The molecule has 0 saturated carbocycles. The molecule has 0 aliphatic carbocycles. The van der Waals surface area contributed by atoms with Crippen LogP contribution < -0.4 is 5.32 Å². The van der Waals surface area contributed by atoms with Gasteiger partial charge in [-0.1, -0.05) is 11.6 Å². The van der Waals surface area contributed by atoms with E-state index < -0.39 is 0 Å². The van der Waals surface area contributed by atoms with Gasteiger partial charge in [0.25, 0.3) is 5.91 Å². The lowest BCUT2D eigenvalue weighted by Crippen LogP contribution is -2.24. The van der Waals surface area contributed by atoms with Gasteiger partial charge in [0.1, 0.15) is 0 Å². The minimum Gasteiger partial charge on any atom is -0.393 e. The normalized spacial score (nSPS) is 12.5. The summed E-state index contributed by atoms with van der Waals surface area (Å²) in [6.45, 7) is 2.32. The number of aliphatic hydroxyl groups is 1. The topological polar surface area (TPSA) is 49.3 Å². The van der Waals surface area contributed by atoms with Crippen molar-refractivity contribution in [3.63, 3.8) is 0 Å². The SMILES string of the molecule is CC(O)CCCNC(=O)c1ccc(Cl)s1. The first-order chi connectivity index (χ1) is 7.09. The number of carbonyl (C=O) groups excluding carboxylic acids is 1. The third-order valence-corrected chi connectivity index (χ3v) is 3.11. The zero-order valence-corrected chi connectivity index (χ0v) is 10.1. The molecule has 1 aromatic rings. The quantitative estimate of drug-likeness (QED) is 0.785. The van der Waals surface area contributed by atoms with E-state index in [9.17, 15) is 4.79 Å². The summed E-state index contributed by atoms with van der Waals surface area (Å²) in [5.41, 5.74) is 0. The number of thiophene rings is 1. The average molecular weight is 248 g/mol. The van der Waals surface area contributed by atoms with Crippen molar-refractivity contribution in [2.75, 3.05) is 6.54 Å². The van der Waals surface area contributed by atoms with E-state index in [4.69, 9.17) is 16.7 Å². The summed E-state index contributed by atoms with van der Waals surface area (Å²) in [7, 11) is 0. The minimum absolute atomic E-state index is 0.0995. The minimum atomic E-state index is -0.307. The molecule has 0 saturated heterocycles. The lowest BCUT2D eigenvalue weighted by molar-refractivity contribution is 0.0953. The van der Waals surface area contributed by atoms with E-state index in [0.717, 1.165) is 6.42 Å². The lowest BCUT2D eigenvalue weighted by atomic mass is 10.2. The molecule has 1 atom stereocenters. The number of carbonyl (C=O) groups is 1. The van der Waals surface area contributed by atoms with E-state index >= 15 is 0 Å². The smallest absolute Gasteiger partial charge is 0.261 e. The number of hydrogen-bond acceptors (Lipinski definition) is 3. The number of halogens is 1. The van der Waals surface area contributed by atoms with Crippen LogP contribution in [0.5, 0.6) is 0 Å². The van der Waals surface area contributed by atoms with Gasteiger partial charge in [0.2, 0.25) is 0 Å². The van der Waals surface area contributed by atoms with Gasteiger partial charge in [0, 0.05) is 6.54 Å². The molecule has 0 fully saturated rings. The molecule has 1 amide bonds. The van der Waals surface area contributed by atoms with Gasteiger partial charge < -0.3 is 10.4 Å². The Balaban J connectivity index is 2.25. The van der Waals surface area contributed by atoms with Crippen molar-refractivity contribution in [1.29, 1.82) is 0 Å². The van der Waals surface area contributed by atoms with Gasteiger partial charge in [-0.2, -0.15) is 0 Å². The van der Waals surface area contributed by atoms with Gasteiger partial charge in [-0.05, 0) is 31.9 Å². The highest BCUT2D eigenvalue weighted by Crippen LogP contribution is 2.20. The van der Waals surface area contributed by atoms with Crippen molar-refractivity contribution in [3.05, 3.63) is 21.3 Å². The highest BCUT2D eigenvalue weighted by molar-refractivity contribution is 7.17. The summed E-state index contributed by atoms with van der Waals surface area (Å²) in [5.74, 6) is -0.0995. The molecule has 0 aliphatic rings. The van der Waals surface area contributed by atoms with Crippen LogP contribution in [0.25, 0.3) is 0 Å². The molecule has 15 heavy (non-hydrogen) atoms. The number of aliphatic hydroxyl groups excluding tert-OH is 1. The first-order valence-corrected chi connectivity index (χ1v) is 6.00. The molecule has 0 aliphatic heterocycles. The molecule has 1 rings (SSSR count). The first-order valence-electron chi connectivity index (χ1n) is 4.81. The van der Waals surface area contributed by atoms with Crippen molar-refractivity contribution in [2.24, 2.45) is 0 Å². The summed E-state index contributed by atoms with van der Waals surface area (Å²) < 4.78 is 0.615. The van der Waals surface area contributed by atoms with E-state index in [0.29, 0.717) is 22.2 Å². The van der Waals surface area contributed by atoms with Crippen LogP contribution in [0.3, 0.4) is 0 Å². The highest BCUT2D eigenvalue weighted by Gasteiger charge is 2.07. The molecule has 0 radical (unpaired) electrons. The number of hydrogen-bond donors (Lipinski definition) is 2. The van der Waals surface area contributed by atoms with E-state index in [1.54, 1.807) is 19.1 Å². The number of amides is 1. The van der Waals surface area contributed by atoms with Crippen LogP contribution in [0.2, 0.25) is 4.34 Å². The molecule has 5 heteroatoms. The predicted octanol–water partition coefficient (Wildman–Crippen LogP) is 2.29. The molecule has 84 valence electrons. The van der Waals surface area contributed by atoms with Crippen LogP contribution in [-0.4, -0.2) is 23.7 Å². The van der Waals surface area contributed by atoms with Crippen molar-refractivity contribution < 1.29 is 9.90 Å². The Morgan fingerprint density at radius 2 is 2.40 bits per heavy atom. The van der Waals surface area contributed by atoms with Crippen molar-refractivity contribution in [3.8, 4) is 0 Å². The molecular weight excluding hydrogens is 234 g/mol. The molecular formula is C10H14ClNO2S. The standard InChI is InChI=1S/C10H14ClNO2S/c1-7(13)3-2-6-12-10(14)8-4-5-9(11)15-8/h4-5,7,13H,2-3,6H2,1H3,(H,12,14). The fourth-order valence-corrected chi connectivity index (χ4v) is 2.08. The molecule has 1 heterocycles. The van der Waals surface area contributed by atoms with Crippen molar-refractivity contribution in [1.82, 2.24) is 5.32 Å². The first kappa shape index (κ1) is 12.5. The molecule has 0 aromatic carbocycles. The third-order valence-electron chi connectivity index (χ3n) is 1.88. The summed E-state index contributed by atoms with van der Waals surface area (Å²) >= 11 is 6.98. The van der Waals surface area contributed by atoms with Crippen LogP contribution in [0, 0.1) is 0 Å². The van der Waals surface area contributed by atoms with Crippen LogP contribution in [0.15, 0.2) is 12.1 Å².